The van der Waals surface area contributed by atoms with E-state index in [4.69, 9.17) is 4.74 Å². The van der Waals surface area contributed by atoms with Crippen molar-refractivity contribution in [3.05, 3.63) is 65.2 Å². The number of alkyl halides is 2. The SMILES string of the molecule is COc1ccc2c(c1)C13CCN(C(=O)C(F)(F)c4ccccc4)C(C2)C12CCC1NC[C@@H](C2)C13. The molecule has 3 aliphatic carbocycles. The second kappa shape index (κ2) is 6.81. The number of nitrogens with zero attached hydrogens (tertiary/aromatic N) is 1. The van der Waals surface area contributed by atoms with Crippen LogP contribution in [0.2, 0.25) is 0 Å². The van der Waals surface area contributed by atoms with Crippen molar-refractivity contribution in [3.63, 3.8) is 0 Å². The first-order valence-electron chi connectivity index (χ1n) is 12.6. The third-order valence-corrected chi connectivity index (χ3v) is 10.2. The Morgan fingerprint density at radius 2 is 2.00 bits per heavy atom. The highest BCUT2D eigenvalue weighted by Crippen LogP contribution is 2.74. The average Bonchev–Trinajstić information content (AvgIpc) is 3.34. The molecule has 178 valence electrons. The topological polar surface area (TPSA) is 41.6 Å². The van der Waals surface area contributed by atoms with Crippen molar-refractivity contribution in [3.8, 4) is 5.75 Å². The van der Waals surface area contributed by atoms with Gasteiger partial charge in [0.25, 0.3) is 5.91 Å². The van der Waals surface area contributed by atoms with E-state index >= 15 is 8.78 Å². The Labute approximate surface area is 198 Å². The van der Waals surface area contributed by atoms with E-state index in [0.29, 0.717) is 30.8 Å². The van der Waals surface area contributed by atoms with Crippen LogP contribution in [-0.4, -0.2) is 43.1 Å². The van der Waals surface area contributed by atoms with Crippen molar-refractivity contribution in [1.29, 1.82) is 0 Å². The maximum atomic E-state index is 15.5. The van der Waals surface area contributed by atoms with Crippen molar-refractivity contribution in [2.75, 3.05) is 20.2 Å². The van der Waals surface area contributed by atoms with Crippen LogP contribution >= 0.6 is 0 Å². The van der Waals surface area contributed by atoms with Gasteiger partial charge in [-0.25, -0.2) is 0 Å². The number of piperidine rings is 1. The lowest BCUT2D eigenvalue weighted by molar-refractivity contribution is -0.176. The molecule has 1 N–H and O–H groups in total. The fourth-order valence-electron chi connectivity index (χ4n) is 9.16. The third kappa shape index (κ3) is 2.33. The van der Waals surface area contributed by atoms with Gasteiger partial charge in [-0.15, -0.1) is 0 Å². The highest BCUT2D eigenvalue weighted by Gasteiger charge is 2.75. The molecule has 2 heterocycles. The molecular weight excluding hydrogens is 434 g/mol. The molecule has 0 aromatic heterocycles. The Bertz CT molecular complexity index is 1170. The fourth-order valence-corrected chi connectivity index (χ4v) is 9.16. The standard InChI is InChI=1S/C28H30F2N2O2/c1-34-20-8-7-17-13-23-26-10-9-22-24(18(15-26)16-31-22)27(26,21(17)14-20)11-12-32(23)25(33)28(29,30)19-5-3-2-4-6-19/h2-8,14,18,22-24,31H,9-13,15-16H2,1H3/t18-,22?,23?,24?,26?,27?/m1/s1. The molecule has 6 heteroatoms. The van der Waals surface area contributed by atoms with Gasteiger partial charge in [0.1, 0.15) is 5.75 Å². The molecule has 2 aromatic carbocycles. The van der Waals surface area contributed by atoms with E-state index in [1.807, 2.05) is 6.07 Å². The second-order valence-electron chi connectivity index (χ2n) is 11.1. The Morgan fingerprint density at radius 1 is 1.18 bits per heavy atom. The predicted molar refractivity (Wildman–Crippen MR) is 124 cm³/mol. The van der Waals surface area contributed by atoms with Gasteiger partial charge in [-0.1, -0.05) is 36.4 Å². The number of carbonyl (C=O) groups excluding carboxylic acids is 1. The summed E-state index contributed by atoms with van der Waals surface area (Å²) in [4.78, 5) is 15.2. The van der Waals surface area contributed by atoms with Crippen molar-refractivity contribution in [2.45, 2.75) is 55.5 Å². The van der Waals surface area contributed by atoms with E-state index in [-0.39, 0.29) is 22.4 Å². The number of amides is 1. The zero-order chi connectivity index (χ0) is 23.3. The van der Waals surface area contributed by atoms with Crippen molar-refractivity contribution < 1.29 is 18.3 Å². The molecule has 2 aromatic rings. The molecule has 2 aliphatic heterocycles. The summed E-state index contributed by atoms with van der Waals surface area (Å²) < 4.78 is 36.7. The number of hydrogen-bond acceptors (Lipinski definition) is 3. The zero-order valence-electron chi connectivity index (χ0n) is 19.4. The number of ether oxygens (including phenoxy) is 1. The second-order valence-corrected chi connectivity index (χ2v) is 11.1. The summed E-state index contributed by atoms with van der Waals surface area (Å²) in [5.74, 6) is -2.65. The van der Waals surface area contributed by atoms with Gasteiger partial charge in [-0.2, -0.15) is 8.78 Å². The van der Waals surface area contributed by atoms with Gasteiger partial charge in [-0.3, -0.25) is 4.79 Å². The van der Waals surface area contributed by atoms with Crippen LogP contribution in [0.1, 0.15) is 42.4 Å². The molecule has 6 atom stereocenters. The summed E-state index contributed by atoms with van der Waals surface area (Å²) in [5, 5.41) is 3.78. The van der Waals surface area contributed by atoms with Gasteiger partial charge in [-0.05, 0) is 73.7 Å². The molecule has 2 saturated carbocycles. The Hall–Kier alpha value is -2.47. The van der Waals surface area contributed by atoms with Crippen LogP contribution in [0.4, 0.5) is 8.78 Å². The molecule has 4 bridgehead atoms. The Morgan fingerprint density at radius 3 is 2.79 bits per heavy atom. The van der Waals surface area contributed by atoms with E-state index < -0.39 is 11.8 Å². The maximum Gasteiger partial charge on any atom is 0.349 e. The number of methoxy groups -OCH3 is 1. The van der Waals surface area contributed by atoms with Gasteiger partial charge in [0.2, 0.25) is 0 Å². The molecule has 0 spiro atoms. The summed E-state index contributed by atoms with van der Waals surface area (Å²) >= 11 is 0. The Kier molecular flexibility index (Phi) is 4.18. The molecule has 1 amide bonds. The summed E-state index contributed by atoms with van der Waals surface area (Å²) in [5.41, 5.74) is 2.14. The monoisotopic (exact) mass is 464 g/mol. The highest BCUT2D eigenvalue weighted by molar-refractivity contribution is 5.85. The molecule has 4 fully saturated rings. The summed E-state index contributed by atoms with van der Waals surface area (Å²) in [6, 6.07) is 14.2. The van der Waals surface area contributed by atoms with Gasteiger partial charge in [0.15, 0.2) is 0 Å². The number of rotatable bonds is 3. The first-order valence-corrected chi connectivity index (χ1v) is 12.6. The minimum Gasteiger partial charge on any atom is -0.497 e. The lowest BCUT2D eigenvalue weighted by Gasteiger charge is -2.66. The van der Waals surface area contributed by atoms with Crippen molar-refractivity contribution >= 4 is 5.91 Å². The number of carbonyl (C=O) groups is 1. The molecule has 5 aliphatic rings. The number of hydrogen-bond donors (Lipinski definition) is 1. The average molecular weight is 465 g/mol. The number of benzene rings is 2. The number of halogens is 2. The van der Waals surface area contributed by atoms with E-state index in [1.165, 1.54) is 23.3 Å². The first-order chi connectivity index (χ1) is 16.4. The van der Waals surface area contributed by atoms with E-state index in [9.17, 15) is 4.79 Å². The quantitative estimate of drug-likeness (QED) is 0.738. The summed E-state index contributed by atoms with van der Waals surface area (Å²) in [6.07, 6.45) is 4.47. The van der Waals surface area contributed by atoms with Gasteiger partial charge < -0.3 is 15.0 Å². The summed E-state index contributed by atoms with van der Waals surface area (Å²) in [7, 11) is 1.70. The number of nitrogens with one attached hydrogen (secondary N) is 1. The van der Waals surface area contributed by atoms with Crippen LogP contribution in [0.3, 0.4) is 0 Å². The van der Waals surface area contributed by atoms with Crippen LogP contribution in [0.5, 0.6) is 5.75 Å². The third-order valence-electron chi connectivity index (χ3n) is 10.2. The highest BCUT2D eigenvalue weighted by atomic mass is 19.3. The smallest absolute Gasteiger partial charge is 0.349 e. The maximum absolute atomic E-state index is 15.5. The molecule has 0 radical (unpaired) electrons. The van der Waals surface area contributed by atoms with E-state index in [2.05, 4.69) is 17.4 Å². The fraction of sp³-hybridized carbons (Fsp3) is 0.536. The largest absolute Gasteiger partial charge is 0.497 e. The molecule has 5 unspecified atom stereocenters. The van der Waals surface area contributed by atoms with Crippen LogP contribution in [0.25, 0.3) is 0 Å². The van der Waals surface area contributed by atoms with Crippen LogP contribution in [0, 0.1) is 17.3 Å². The molecule has 4 nitrogen and oxygen atoms in total. The molecule has 34 heavy (non-hydrogen) atoms. The lowest BCUT2D eigenvalue weighted by Crippen LogP contribution is -2.71. The predicted octanol–water partition coefficient (Wildman–Crippen LogP) is 4.27. The van der Waals surface area contributed by atoms with Gasteiger partial charge in [0, 0.05) is 35.0 Å². The molecule has 2 saturated heterocycles. The zero-order valence-corrected chi connectivity index (χ0v) is 19.4. The minimum absolute atomic E-state index is 0.0737. The first kappa shape index (κ1) is 20.9. The summed E-state index contributed by atoms with van der Waals surface area (Å²) in [6.45, 7) is 1.39. The van der Waals surface area contributed by atoms with Crippen LogP contribution < -0.4 is 10.1 Å². The van der Waals surface area contributed by atoms with Crippen molar-refractivity contribution in [2.24, 2.45) is 17.3 Å². The van der Waals surface area contributed by atoms with Gasteiger partial charge >= 0.3 is 5.92 Å². The lowest BCUT2D eigenvalue weighted by atomic mass is 9.43. The van der Waals surface area contributed by atoms with Crippen LogP contribution in [0.15, 0.2) is 48.5 Å². The van der Waals surface area contributed by atoms with Gasteiger partial charge in [0.05, 0.1) is 7.11 Å². The minimum atomic E-state index is -3.52. The Balaban J connectivity index is 1.38. The van der Waals surface area contributed by atoms with E-state index in [0.717, 1.165) is 38.0 Å². The number of fused-ring (bicyclic) bond motifs is 1. The molecule has 7 rings (SSSR count). The molecular formula is C28H30F2N2O2. The normalized spacial score (nSPS) is 37.2. The number of likely N-dealkylation sites (tertiary alicyclic amines) is 1. The van der Waals surface area contributed by atoms with Crippen molar-refractivity contribution in [1.82, 2.24) is 10.2 Å². The van der Waals surface area contributed by atoms with E-state index in [1.54, 1.807) is 30.2 Å². The van der Waals surface area contributed by atoms with Crippen LogP contribution in [-0.2, 0) is 22.6 Å².